The average Bonchev–Trinajstić information content (AvgIpc) is 3.29. The number of hydrogen-bond acceptors (Lipinski definition) is 6. The smallest absolute Gasteiger partial charge is 0.320 e. The van der Waals surface area contributed by atoms with Gasteiger partial charge in [0.05, 0.1) is 18.3 Å². The Morgan fingerprint density at radius 2 is 1.79 bits per heavy atom. The van der Waals surface area contributed by atoms with Gasteiger partial charge in [-0.2, -0.15) is 5.10 Å². The first-order chi connectivity index (χ1) is 18.2. The van der Waals surface area contributed by atoms with E-state index in [1.54, 1.807) is 23.7 Å². The molecule has 2 aromatic rings. The highest BCUT2D eigenvalue weighted by atomic mass is 32.2. The molecule has 0 bridgehead atoms. The van der Waals surface area contributed by atoms with Crippen molar-refractivity contribution < 1.29 is 13.2 Å². The molecule has 1 aromatic carbocycles. The summed E-state index contributed by atoms with van der Waals surface area (Å²) in [6.07, 6.45) is 5.01. The van der Waals surface area contributed by atoms with E-state index in [-0.39, 0.29) is 11.8 Å². The normalized spacial score (nSPS) is 15.1. The van der Waals surface area contributed by atoms with Crippen LogP contribution in [0.1, 0.15) is 69.2 Å². The van der Waals surface area contributed by atoms with E-state index < -0.39 is 16.1 Å². The van der Waals surface area contributed by atoms with Crippen LogP contribution in [0.15, 0.2) is 30.3 Å². The Morgan fingerprint density at radius 3 is 2.45 bits per heavy atom. The number of hydrogen-bond donors (Lipinski definition) is 1. The van der Waals surface area contributed by atoms with Gasteiger partial charge in [-0.25, -0.2) is 22.9 Å². The van der Waals surface area contributed by atoms with Gasteiger partial charge in [0.2, 0.25) is 10.0 Å². The molecular formula is C27H45N7O3S. The van der Waals surface area contributed by atoms with Crippen LogP contribution in [0.2, 0.25) is 0 Å². The topological polar surface area (TPSA) is 104 Å². The lowest BCUT2D eigenvalue weighted by Gasteiger charge is -2.30. The molecule has 3 rings (SSSR count). The minimum atomic E-state index is -3.54. The number of likely N-dealkylation sites (tertiary alicyclic amines) is 1. The van der Waals surface area contributed by atoms with Crippen molar-refractivity contribution in [3.05, 3.63) is 47.5 Å². The number of carbonyl (C=O) groups is 1. The Kier molecular flexibility index (Phi) is 11.5. The maximum absolute atomic E-state index is 13.1. The highest BCUT2D eigenvalue weighted by Gasteiger charge is 2.26. The molecule has 2 amide bonds. The number of piperidine rings is 1. The fraction of sp³-hybridized carbons (Fsp3) is 0.667. The number of aryl methyl sites for hydroxylation is 2. The number of nitrogens with zero attached hydrogens (tertiary/aromatic N) is 6. The van der Waals surface area contributed by atoms with Crippen LogP contribution < -0.4 is 4.72 Å². The summed E-state index contributed by atoms with van der Waals surface area (Å²) in [6.45, 7) is 8.58. The third-order valence-corrected chi connectivity index (χ3v) is 8.65. The molecule has 1 N–H and O–H groups in total. The Hall–Kier alpha value is -2.50. The number of amides is 2. The molecule has 1 aliphatic heterocycles. The third kappa shape index (κ3) is 9.06. The number of rotatable bonds is 14. The highest BCUT2D eigenvalue weighted by Crippen LogP contribution is 2.20. The number of aromatic nitrogens is 3. The second-order valence-corrected chi connectivity index (χ2v) is 12.0. The Bertz CT molecular complexity index is 1100. The van der Waals surface area contributed by atoms with Crippen molar-refractivity contribution in [1.82, 2.24) is 34.2 Å². The van der Waals surface area contributed by atoms with E-state index in [9.17, 15) is 13.2 Å². The summed E-state index contributed by atoms with van der Waals surface area (Å²) >= 11 is 0. The molecule has 0 radical (unpaired) electrons. The zero-order valence-electron chi connectivity index (χ0n) is 23.5. The van der Waals surface area contributed by atoms with E-state index >= 15 is 0 Å². The minimum absolute atomic E-state index is 0.0104. The van der Waals surface area contributed by atoms with Gasteiger partial charge in [-0.05, 0) is 63.7 Å². The zero-order valence-corrected chi connectivity index (χ0v) is 24.3. The van der Waals surface area contributed by atoms with E-state index in [1.807, 2.05) is 35.2 Å². The number of nitrogens with one attached hydrogen (secondary N) is 1. The lowest BCUT2D eigenvalue weighted by atomic mass is 10.1. The van der Waals surface area contributed by atoms with Crippen LogP contribution in [0.3, 0.4) is 0 Å². The summed E-state index contributed by atoms with van der Waals surface area (Å²) in [7, 11) is 0.0270. The van der Waals surface area contributed by atoms with Crippen molar-refractivity contribution >= 4 is 16.1 Å². The monoisotopic (exact) mass is 547 g/mol. The van der Waals surface area contributed by atoms with Gasteiger partial charge >= 0.3 is 6.03 Å². The fourth-order valence-electron chi connectivity index (χ4n) is 4.82. The molecule has 0 unspecified atom stereocenters. The Labute approximate surface area is 228 Å². The first-order valence-corrected chi connectivity index (χ1v) is 15.5. The SMILES string of the molecule is CCN(CC)CCCS(=O)(=O)N[C@H](CCc1ccccc1)c1nc(CN(C)C(=O)N2CCCCC2)n(C)n1. The Morgan fingerprint density at radius 1 is 1.11 bits per heavy atom. The molecule has 1 atom stereocenters. The summed E-state index contributed by atoms with van der Waals surface area (Å²) in [4.78, 5) is 23.4. The number of benzene rings is 1. The second kappa shape index (κ2) is 14.6. The van der Waals surface area contributed by atoms with Gasteiger partial charge in [0.15, 0.2) is 5.82 Å². The van der Waals surface area contributed by atoms with Crippen molar-refractivity contribution in [2.45, 2.75) is 65.0 Å². The van der Waals surface area contributed by atoms with Crippen LogP contribution in [-0.4, -0.2) is 89.4 Å². The molecule has 212 valence electrons. The summed E-state index contributed by atoms with van der Waals surface area (Å²) in [5.74, 6) is 1.11. The molecule has 2 heterocycles. The molecule has 1 saturated heterocycles. The molecule has 0 saturated carbocycles. The van der Waals surface area contributed by atoms with Crippen molar-refractivity contribution in [1.29, 1.82) is 0 Å². The molecular weight excluding hydrogens is 502 g/mol. The highest BCUT2D eigenvalue weighted by molar-refractivity contribution is 7.89. The molecule has 0 aliphatic carbocycles. The van der Waals surface area contributed by atoms with Crippen molar-refractivity contribution in [3.8, 4) is 0 Å². The maximum atomic E-state index is 13.1. The standard InChI is InChI=1S/C27H45N7O3S/c1-5-33(6-2)18-13-21-38(36,37)30-24(17-16-23-14-9-7-10-15-23)26-28-25(32(4)29-26)22-31(3)27(35)34-19-11-8-12-20-34/h7,9-10,14-15,24,30H,5-6,8,11-13,16-22H2,1-4H3/t24-/m1/s1. The first kappa shape index (κ1) is 30.0. The zero-order chi connectivity index (χ0) is 27.5. The van der Waals surface area contributed by atoms with Crippen molar-refractivity contribution in [2.75, 3.05) is 45.5 Å². The molecule has 11 heteroatoms. The van der Waals surface area contributed by atoms with Gasteiger partial charge in [0.25, 0.3) is 0 Å². The minimum Gasteiger partial charge on any atom is -0.325 e. The van der Waals surface area contributed by atoms with Gasteiger partial charge in [0.1, 0.15) is 5.82 Å². The van der Waals surface area contributed by atoms with Gasteiger partial charge in [-0.3, -0.25) is 4.68 Å². The van der Waals surface area contributed by atoms with Crippen LogP contribution >= 0.6 is 0 Å². The molecule has 1 aromatic heterocycles. The van der Waals surface area contributed by atoms with Gasteiger partial charge in [-0.1, -0.05) is 44.2 Å². The van der Waals surface area contributed by atoms with E-state index in [1.165, 1.54) is 0 Å². The summed E-state index contributed by atoms with van der Waals surface area (Å²) < 4.78 is 30.7. The number of carbonyl (C=O) groups excluding carboxylic acids is 1. The predicted octanol–water partition coefficient (Wildman–Crippen LogP) is 3.18. The van der Waals surface area contributed by atoms with Crippen molar-refractivity contribution in [2.24, 2.45) is 7.05 Å². The van der Waals surface area contributed by atoms with Crippen LogP contribution in [-0.2, 0) is 30.0 Å². The summed E-state index contributed by atoms with van der Waals surface area (Å²) in [5.41, 5.74) is 1.13. The maximum Gasteiger partial charge on any atom is 0.320 e. The number of urea groups is 1. The molecule has 0 spiro atoms. The average molecular weight is 548 g/mol. The molecule has 1 fully saturated rings. The third-order valence-electron chi connectivity index (χ3n) is 7.18. The number of sulfonamides is 1. The molecule has 38 heavy (non-hydrogen) atoms. The first-order valence-electron chi connectivity index (χ1n) is 13.9. The van der Waals surface area contributed by atoms with Crippen LogP contribution in [0.4, 0.5) is 4.79 Å². The van der Waals surface area contributed by atoms with Gasteiger partial charge in [0, 0.05) is 27.2 Å². The lowest BCUT2D eigenvalue weighted by molar-refractivity contribution is 0.149. The van der Waals surface area contributed by atoms with E-state index in [4.69, 9.17) is 4.98 Å². The van der Waals surface area contributed by atoms with E-state index in [0.717, 1.165) is 57.5 Å². The fourth-order valence-corrected chi connectivity index (χ4v) is 6.10. The van der Waals surface area contributed by atoms with E-state index in [2.05, 4.69) is 28.6 Å². The predicted molar refractivity (Wildman–Crippen MR) is 150 cm³/mol. The lowest BCUT2D eigenvalue weighted by Crippen LogP contribution is -2.43. The molecule has 1 aliphatic rings. The van der Waals surface area contributed by atoms with E-state index in [0.29, 0.717) is 37.5 Å². The van der Waals surface area contributed by atoms with Crippen LogP contribution in [0.5, 0.6) is 0 Å². The van der Waals surface area contributed by atoms with Crippen molar-refractivity contribution in [3.63, 3.8) is 0 Å². The van der Waals surface area contributed by atoms with Gasteiger partial charge < -0.3 is 14.7 Å². The van der Waals surface area contributed by atoms with Crippen LogP contribution in [0.25, 0.3) is 0 Å². The van der Waals surface area contributed by atoms with Gasteiger partial charge in [-0.15, -0.1) is 0 Å². The largest absolute Gasteiger partial charge is 0.325 e. The quantitative estimate of drug-likeness (QED) is 0.390. The molecule has 10 nitrogen and oxygen atoms in total. The second-order valence-electron chi connectivity index (χ2n) is 10.1. The summed E-state index contributed by atoms with van der Waals surface area (Å²) in [5, 5.41) is 4.59. The summed E-state index contributed by atoms with van der Waals surface area (Å²) in [6, 6.07) is 9.43. The van der Waals surface area contributed by atoms with Crippen LogP contribution in [0, 0.1) is 0 Å². The Balaban J connectivity index is 1.71.